The van der Waals surface area contributed by atoms with Crippen LogP contribution in [0.1, 0.15) is 36.6 Å². The molecule has 0 bridgehead atoms. The van der Waals surface area contributed by atoms with Gasteiger partial charge in [-0.1, -0.05) is 38.1 Å². The molecule has 0 spiro atoms. The molecule has 6 heteroatoms. The van der Waals surface area contributed by atoms with Crippen molar-refractivity contribution in [2.24, 2.45) is 5.41 Å². The van der Waals surface area contributed by atoms with Gasteiger partial charge in [-0.3, -0.25) is 4.79 Å². The summed E-state index contributed by atoms with van der Waals surface area (Å²) in [5, 5.41) is 11.4. The second-order valence-electron chi connectivity index (χ2n) is 7.87. The van der Waals surface area contributed by atoms with Crippen LogP contribution in [0.3, 0.4) is 0 Å². The molecule has 1 aromatic heterocycles. The Balaban J connectivity index is 1.49. The maximum absolute atomic E-state index is 12.3. The van der Waals surface area contributed by atoms with Crippen LogP contribution in [-0.2, 0) is 11.2 Å². The Kier molecular flexibility index (Phi) is 6.00. The molecule has 1 amide bonds. The number of amides is 1. The summed E-state index contributed by atoms with van der Waals surface area (Å²) in [6.45, 7) is 8.38. The fourth-order valence-electron chi connectivity index (χ4n) is 3.28. The van der Waals surface area contributed by atoms with E-state index in [0.29, 0.717) is 24.8 Å². The van der Waals surface area contributed by atoms with E-state index < -0.39 is 0 Å². The first-order chi connectivity index (χ1) is 12.9. The quantitative estimate of drug-likeness (QED) is 0.741. The molecule has 2 heterocycles. The van der Waals surface area contributed by atoms with Crippen molar-refractivity contribution in [2.75, 3.05) is 30.4 Å². The summed E-state index contributed by atoms with van der Waals surface area (Å²) in [5.74, 6) is 1.89. The fraction of sp³-hybridized carbons (Fsp3) is 0.476. The number of hydrogen-bond donors (Lipinski definition) is 1. The van der Waals surface area contributed by atoms with E-state index in [0.717, 1.165) is 30.2 Å². The highest BCUT2D eigenvalue weighted by Crippen LogP contribution is 2.34. The SMILES string of the molecule is Cc1ccc(N2CC(CCl)(CNC(=O)Cc3ccc(C(C)C)cc3)C2)nn1. The second kappa shape index (κ2) is 8.26. The molecule has 144 valence electrons. The van der Waals surface area contributed by atoms with Crippen LogP contribution in [-0.4, -0.2) is 41.6 Å². The Morgan fingerprint density at radius 2 is 1.89 bits per heavy atom. The highest BCUT2D eigenvalue weighted by Gasteiger charge is 2.43. The third-order valence-corrected chi connectivity index (χ3v) is 5.68. The first kappa shape index (κ1) is 19.6. The number of halogens is 1. The number of hydrogen-bond acceptors (Lipinski definition) is 4. The molecule has 0 unspecified atom stereocenters. The monoisotopic (exact) mass is 386 g/mol. The summed E-state index contributed by atoms with van der Waals surface area (Å²) < 4.78 is 0. The molecule has 3 rings (SSSR count). The lowest BCUT2D eigenvalue weighted by Crippen LogP contribution is -2.62. The number of rotatable bonds is 7. The lowest BCUT2D eigenvalue weighted by molar-refractivity contribution is -0.121. The fourth-order valence-corrected chi connectivity index (χ4v) is 3.55. The van der Waals surface area contributed by atoms with E-state index in [4.69, 9.17) is 11.6 Å². The van der Waals surface area contributed by atoms with Crippen LogP contribution in [0.25, 0.3) is 0 Å². The maximum atomic E-state index is 12.3. The molecule has 27 heavy (non-hydrogen) atoms. The van der Waals surface area contributed by atoms with Gasteiger partial charge in [0.2, 0.25) is 5.91 Å². The van der Waals surface area contributed by atoms with Crippen molar-refractivity contribution in [3.63, 3.8) is 0 Å². The molecule has 1 aliphatic rings. The van der Waals surface area contributed by atoms with E-state index in [1.807, 2.05) is 31.2 Å². The molecule has 1 N–H and O–H groups in total. The van der Waals surface area contributed by atoms with Gasteiger partial charge in [-0.2, -0.15) is 5.10 Å². The third kappa shape index (κ3) is 4.78. The molecule has 2 aromatic rings. The van der Waals surface area contributed by atoms with Gasteiger partial charge in [0.25, 0.3) is 0 Å². The zero-order valence-electron chi connectivity index (χ0n) is 16.2. The summed E-state index contributed by atoms with van der Waals surface area (Å²) in [6.07, 6.45) is 0.393. The van der Waals surface area contributed by atoms with Gasteiger partial charge in [0, 0.05) is 30.9 Å². The molecule has 1 aliphatic heterocycles. The Bertz CT molecular complexity index is 768. The van der Waals surface area contributed by atoms with Crippen molar-refractivity contribution in [3.8, 4) is 0 Å². The molecule has 1 fully saturated rings. The van der Waals surface area contributed by atoms with Gasteiger partial charge in [0.1, 0.15) is 0 Å². The number of nitrogens with zero attached hydrogens (tertiary/aromatic N) is 3. The number of carbonyl (C=O) groups excluding carboxylic acids is 1. The van der Waals surface area contributed by atoms with Gasteiger partial charge < -0.3 is 10.2 Å². The number of alkyl halides is 1. The average molecular weight is 387 g/mol. The Morgan fingerprint density at radius 1 is 1.19 bits per heavy atom. The number of anilines is 1. The lowest BCUT2D eigenvalue weighted by Gasteiger charge is -2.49. The molecule has 0 aliphatic carbocycles. The smallest absolute Gasteiger partial charge is 0.224 e. The molecule has 0 atom stereocenters. The van der Waals surface area contributed by atoms with Crippen molar-refractivity contribution in [1.29, 1.82) is 0 Å². The van der Waals surface area contributed by atoms with Crippen LogP contribution in [0.15, 0.2) is 36.4 Å². The molecule has 1 saturated heterocycles. The largest absolute Gasteiger partial charge is 0.355 e. The third-order valence-electron chi connectivity index (χ3n) is 5.12. The zero-order valence-corrected chi connectivity index (χ0v) is 17.0. The molecule has 1 aromatic carbocycles. The minimum absolute atomic E-state index is 0.0327. The number of carbonyl (C=O) groups is 1. The van der Waals surface area contributed by atoms with Crippen molar-refractivity contribution >= 4 is 23.3 Å². The second-order valence-corrected chi connectivity index (χ2v) is 8.14. The Labute approximate surface area is 166 Å². The Morgan fingerprint density at radius 3 is 2.44 bits per heavy atom. The summed E-state index contributed by atoms with van der Waals surface area (Å²) >= 11 is 6.21. The van der Waals surface area contributed by atoms with Crippen LogP contribution in [0.5, 0.6) is 0 Å². The van der Waals surface area contributed by atoms with E-state index >= 15 is 0 Å². The first-order valence-corrected chi connectivity index (χ1v) is 9.91. The number of nitrogens with one attached hydrogen (secondary N) is 1. The molecular weight excluding hydrogens is 360 g/mol. The summed E-state index contributed by atoms with van der Waals surface area (Å²) in [7, 11) is 0. The normalized spacial score (nSPS) is 15.5. The average Bonchev–Trinajstić information content (AvgIpc) is 2.63. The minimum atomic E-state index is -0.106. The van der Waals surface area contributed by atoms with Gasteiger partial charge in [-0.15, -0.1) is 16.7 Å². The van der Waals surface area contributed by atoms with Crippen LogP contribution in [0, 0.1) is 12.3 Å². The van der Waals surface area contributed by atoms with E-state index in [1.165, 1.54) is 5.56 Å². The van der Waals surface area contributed by atoms with Crippen molar-refractivity contribution < 1.29 is 4.79 Å². The van der Waals surface area contributed by atoms with Gasteiger partial charge in [-0.05, 0) is 36.1 Å². The first-order valence-electron chi connectivity index (χ1n) is 9.37. The maximum Gasteiger partial charge on any atom is 0.224 e. The zero-order chi connectivity index (χ0) is 19.4. The summed E-state index contributed by atoms with van der Waals surface area (Å²) in [6, 6.07) is 12.2. The number of aryl methyl sites for hydroxylation is 1. The number of aromatic nitrogens is 2. The minimum Gasteiger partial charge on any atom is -0.355 e. The molecule has 5 nitrogen and oxygen atoms in total. The van der Waals surface area contributed by atoms with Crippen molar-refractivity contribution in [1.82, 2.24) is 15.5 Å². The topological polar surface area (TPSA) is 58.1 Å². The van der Waals surface area contributed by atoms with Crippen LogP contribution >= 0.6 is 11.6 Å². The molecule has 0 radical (unpaired) electrons. The van der Waals surface area contributed by atoms with Crippen LogP contribution in [0.4, 0.5) is 5.82 Å². The van der Waals surface area contributed by atoms with E-state index in [1.54, 1.807) is 0 Å². The van der Waals surface area contributed by atoms with E-state index in [2.05, 4.69) is 46.4 Å². The van der Waals surface area contributed by atoms with Gasteiger partial charge >= 0.3 is 0 Å². The van der Waals surface area contributed by atoms with Gasteiger partial charge in [0.15, 0.2) is 5.82 Å². The predicted molar refractivity (Wildman–Crippen MR) is 109 cm³/mol. The van der Waals surface area contributed by atoms with Crippen LogP contribution < -0.4 is 10.2 Å². The molecule has 0 saturated carbocycles. The standard InChI is InChI=1S/C21H27ClN4O/c1-15(2)18-7-5-17(6-8-18)10-20(27)23-12-21(11-22)13-26(14-21)19-9-4-16(3)24-25-19/h4-9,15H,10-14H2,1-3H3,(H,23,27). The highest BCUT2D eigenvalue weighted by molar-refractivity contribution is 6.18. The van der Waals surface area contributed by atoms with Gasteiger partial charge in [0.05, 0.1) is 12.1 Å². The van der Waals surface area contributed by atoms with Crippen LogP contribution in [0.2, 0.25) is 0 Å². The van der Waals surface area contributed by atoms with Crippen molar-refractivity contribution in [3.05, 3.63) is 53.2 Å². The van der Waals surface area contributed by atoms with E-state index in [-0.39, 0.29) is 11.3 Å². The summed E-state index contributed by atoms with van der Waals surface area (Å²) in [4.78, 5) is 14.5. The van der Waals surface area contributed by atoms with E-state index in [9.17, 15) is 4.79 Å². The predicted octanol–water partition coefficient (Wildman–Crippen LogP) is 3.31. The number of benzene rings is 1. The van der Waals surface area contributed by atoms with Gasteiger partial charge in [-0.25, -0.2) is 0 Å². The highest BCUT2D eigenvalue weighted by atomic mass is 35.5. The van der Waals surface area contributed by atoms with Crippen molar-refractivity contribution in [2.45, 2.75) is 33.1 Å². The Hall–Kier alpha value is -2.14. The summed E-state index contributed by atoms with van der Waals surface area (Å²) in [5.41, 5.74) is 3.11. The molecular formula is C21H27ClN4O. The lowest BCUT2D eigenvalue weighted by atomic mass is 9.81.